The van der Waals surface area contributed by atoms with Gasteiger partial charge in [-0.3, -0.25) is 4.79 Å². The Morgan fingerprint density at radius 1 is 1.33 bits per heavy atom. The molecule has 0 amide bonds. The molecule has 1 N–H and O–H groups in total. The molecule has 0 aliphatic rings. The minimum Gasteiger partial charge on any atom is -0.410 e. The zero-order chi connectivity index (χ0) is 12.1. The van der Waals surface area contributed by atoms with E-state index in [1.807, 2.05) is 0 Å². The van der Waals surface area contributed by atoms with Crippen LogP contribution in [0.5, 0.6) is 0 Å². The zero-order valence-electron chi connectivity index (χ0n) is 10.6. The quantitative estimate of drug-likeness (QED) is 0.715. The SMILES string of the molecule is CC(C)(C)[Si](C)(C)OCC(=O)CCCO. The highest BCUT2D eigenvalue weighted by Crippen LogP contribution is 2.36. The summed E-state index contributed by atoms with van der Waals surface area (Å²) in [6, 6.07) is 0. The highest BCUT2D eigenvalue weighted by Gasteiger charge is 2.37. The van der Waals surface area contributed by atoms with E-state index in [-0.39, 0.29) is 24.0 Å². The molecule has 0 atom stereocenters. The summed E-state index contributed by atoms with van der Waals surface area (Å²) in [5, 5.41) is 8.73. The van der Waals surface area contributed by atoms with Crippen LogP contribution >= 0.6 is 0 Å². The van der Waals surface area contributed by atoms with E-state index in [0.29, 0.717) is 12.8 Å². The van der Waals surface area contributed by atoms with Gasteiger partial charge in [-0.15, -0.1) is 0 Å². The van der Waals surface area contributed by atoms with Gasteiger partial charge in [-0.05, 0) is 24.6 Å². The van der Waals surface area contributed by atoms with Crippen LogP contribution < -0.4 is 0 Å². The fourth-order valence-corrected chi connectivity index (χ4v) is 1.78. The molecule has 0 spiro atoms. The van der Waals surface area contributed by atoms with Crippen molar-refractivity contribution in [1.82, 2.24) is 0 Å². The van der Waals surface area contributed by atoms with Crippen LogP contribution in [0.1, 0.15) is 33.6 Å². The largest absolute Gasteiger partial charge is 0.410 e. The van der Waals surface area contributed by atoms with Crippen LogP contribution in [0, 0.1) is 0 Å². The van der Waals surface area contributed by atoms with Crippen LogP contribution in [0.3, 0.4) is 0 Å². The Kier molecular flexibility index (Phi) is 5.70. The predicted molar refractivity (Wildman–Crippen MR) is 64.5 cm³/mol. The smallest absolute Gasteiger partial charge is 0.192 e. The first-order valence-electron chi connectivity index (χ1n) is 5.47. The number of aliphatic hydroxyl groups is 1. The van der Waals surface area contributed by atoms with Crippen LogP contribution in [0.15, 0.2) is 0 Å². The summed E-state index contributed by atoms with van der Waals surface area (Å²) in [7, 11) is -1.79. The maximum Gasteiger partial charge on any atom is 0.192 e. The van der Waals surface area contributed by atoms with Crippen LogP contribution in [0.4, 0.5) is 0 Å². The number of carbonyl (C=O) groups is 1. The van der Waals surface area contributed by atoms with Crippen LogP contribution in [-0.4, -0.2) is 32.4 Å². The molecular weight excluding hydrogens is 208 g/mol. The molecule has 3 nitrogen and oxygen atoms in total. The number of aliphatic hydroxyl groups excluding tert-OH is 1. The Morgan fingerprint density at radius 3 is 2.27 bits per heavy atom. The fourth-order valence-electron chi connectivity index (χ4n) is 0.826. The molecule has 0 saturated carbocycles. The molecule has 0 heterocycles. The Bertz CT molecular complexity index is 206. The number of rotatable bonds is 6. The van der Waals surface area contributed by atoms with Crippen molar-refractivity contribution in [2.24, 2.45) is 0 Å². The molecule has 0 aliphatic heterocycles. The molecule has 0 radical (unpaired) electrons. The molecule has 0 aromatic carbocycles. The monoisotopic (exact) mass is 232 g/mol. The third kappa shape index (κ3) is 5.44. The van der Waals surface area contributed by atoms with Crippen LogP contribution in [0.2, 0.25) is 18.1 Å². The van der Waals surface area contributed by atoms with Gasteiger partial charge < -0.3 is 9.53 Å². The molecule has 0 rings (SSSR count). The third-order valence-electron chi connectivity index (χ3n) is 3.01. The summed E-state index contributed by atoms with van der Waals surface area (Å²) >= 11 is 0. The van der Waals surface area contributed by atoms with Gasteiger partial charge in [-0.2, -0.15) is 0 Å². The second-order valence-corrected chi connectivity index (χ2v) is 10.2. The molecular formula is C11H24O3Si. The fraction of sp³-hybridized carbons (Fsp3) is 0.909. The van der Waals surface area contributed by atoms with E-state index in [1.54, 1.807) is 0 Å². The van der Waals surface area contributed by atoms with E-state index in [1.165, 1.54) is 0 Å². The average Bonchev–Trinajstić information content (AvgIpc) is 2.09. The summed E-state index contributed by atoms with van der Waals surface area (Å²) in [5.74, 6) is 0.0916. The second-order valence-electron chi connectivity index (χ2n) is 5.41. The molecule has 0 bridgehead atoms. The van der Waals surface area contributed by atoms with Crippen molar-refractivity contribution < 1.29 is 14.3 Å². The molecule has 0 aliphatic carbocycles. The van der Waals surface area contributed by atoms with Gasteiger partial charge in [-0.25, -0.2) is 0 Å². The van der Waals surface area contributed by atoms with Gasteiger partial charge >= 0.3 is 0 Å². The lowest BCUT2D eigenvalue weighted by atomic mass is 10.2. The van der Waals surface area contributed by atoms with E-state index in [4.69, 9.17) is 9.53 Å². The van der Waals surface area contributed by atoms with Gasteiger partial charge in [-0.1, -0.05) is 20.8 Å². The van der Waals surface area contributed by atoms with Gasteiger partial charge in [0.25, 0.3) is 0 Å². The van der Waals surface area contributed by atoms with Crippen LogP contribution in [0.25, 0.3) is 0 Å². The first-order valence-corrected chi connectivity index (χ1v) is 8.38. The van der Waals surface area contributed by atoms with E-state index in [2.05, 4.69) is 33.9 Å². The summed E-state index contributed by atoms with van der Waals surface area (Å²) < 4.78 is 5.76. The standard InChI is InChI=1S/C11H24O3Si/c1-11(2,3)15(4,5)14-9-10(13)7-6-8-12/h12H,6-9H2,1-5H3. The maximum absolute atomic E-state index is 11.4. The predicted octanol–water partition coefficient (Wildman–Crippen LogP) is 2.35. The molecule has 0 fully saturated rings. The molecule has 0 unspecified atom stereocenters. The topological polar surface area (TPSA) is 46.5 Å². The van der Waals surface area contributed by atoms with Crippen molar-refractivity contribution in [2.75, 3.05) is 13.2 Å². The van der Waals surface area contributed by atoms with Gasteiger partial charge in [0.1, 0.15) is 0 Å². The highest BCUT2D eigenvalue weighted by atomic mass is 28.4. The Labute approximate surface area is 94.0 Å². The van der Waals surface area contributed by atoms with Crippen molar-refractivity contribution in [3.05, 3.63) is 0 Å². The lowest BCUT2D eigenvalue weighted by Crippen LogP contribution is -2.42. The molecule has 0 aromatic rings. The Morgan fingerprint density at radius 2 is 1.87 bits per heavy atom. The van der Waals surface area contributed by atoms with E-state index in [9.17, 15) is 4.79 Å². The normalized spacial score (nSPS) is 12.9. The van der Waals surface area contributed by atoms with Crippen molar-refractivity contribution in [1.29, 1.82) is 0 Å². The minimum absolute atomic E-state index is 0.0752. The van der Waals surface area contributed by atoms with Crippen molar-refractivity contribution in [2.45, 2.75) is 51.7 Å². The zero-order valence-corrected chi connectivity index (χ0v) is 11.6. The molecule has 90 valence electrons. The molecule has 15 heavy (non-hydrogen) atoms. The van der Waals surface area contributed by atoms with Crippen molar-refractivity contribution in [3.63, 3.8) is 0 Å². The lowest BCUT2D eigenvalue weighted by Gasteiger charge is -2.35. The van der Waals surface area contributed by atoms with Gasteiger partial charge in [0.05, 0.1) is 6.61 Å². The molecule has 4 heteroatoms. The first kappa shape index (κ1) is 14.8. The third-order valence-corrected chi connectivity index (χ3v) is 7.49. The van der Waals surface area contributed by atoms with Gasteiger partial charge in [0, 0.05) is 13.0 Å². The maximum atomic E-state index is 11.4. The van der Waals surface area contributed by atoms with Crippen molar-refractivity contribution >= 4 is 14.1 Å². The second kappa shape index (κ2) is 5.77. The van der Waals surface area contributed by atoms with Gasteiger partial charge in [0.15, 0.2) is 14.1 Å². The average molecular weight is 232 g/mol. The van der Waals surface area contributed by atoms with E-state index >= 15 is 0 Å². The number of carbonyl (C=O) groups excluding carboxylic acids is 1. The number of Topliss-reactive ketones (excluding diaryl/α,β-unsaturated/α-hetero) is 1. The summed E-state index contributed by atoms with van der Waals surface area (Å²) in [5.41, 5.74) is 0. The minimum atomic E-state index is -1.79. The summed E-state index contributed by atoms with van der Waals surface area (Å²) in [6.45, 7) is 11.0. The van der Waals surface area contributed by atoms with E-state index in [0.717, 1.165) is 0 Å². The summed E-state index contributed by atoms with van der Waals surface area (Å²) in [6.07, 6.45) is 0.963. The molecule has 0 aromatic heterocycles. The number of hydrogen-bond donors (Lipinski definition) is 1. The lowest BCUT2D eigenvalue weighted by molar-refractivity contribution is -0.121. The Hall–Kier alpha value is -0.193. The molecule has 0 saturated heterocycles. The van der Waals surface area contributed by atoms with Crippen LogP contribution in [-0.2, 0) is 9.22 Å². The number of ketones is 1. The Balaban J connectivity index is 3.99. The first-order chi connectivity index (χ1) is 6.70. The van der Waals surface area contributed by atoms with Crippen molar-refractivity contribution in [3.8, 4) is 0 Å². The van der Waals surface area contributed by atoms with Gasteiger partial charge in [0.2, 0.25) is 0 Å². The summed E-state index contributed by atoms with van der Waals surface area (Å²) in [4.78, 5) is 11.4. The highest BCUT2D eigenvalue weighted by molar-refractivity contribution is 6.74. The number of hydrogen-bond acceptors (Lipinski definition) is 3. The van der Waals surface area contributed by atoms with E-state index < -0.39 is 8.32 Å².